The van der Waals surface area contributed by atoms with Crippen LogP contribution in [-0.2, 0) is 16.1 Å². The van der Waals surface area contributed by atoms with Crippen LogP contribution in [-0.4, -0.2) is 43.7 Å². The Morgan fingerprint density at radius 1 is 1.33 bits per heavy atom. The molecule has 1 saturated heterocycles. The van der Waals surface area contributed by atoms with Crippen molar-refractivity contribution in [2.24, 2.45) is 5.41 Å². The largest absolute Gasteiger partial charge is 0.368 e. The van der Waals surface area contributed by atoms with E-state index in [1.165, 1.54) is 5.56 Å². The lowest BCUT2D eigenvalue weighted by Gasteiger charge is -2.26. The molecule has 0 aliphatic carbocycles. The number of nitrogens with one attached hydrogen (secondary N) is 1. The summed E-state index contributed by atoms with van der Waals surface area (Å²) < 4.78 is 5.82. The first kappa shape index (κ1) is 16.0. The van der Waals surface area contributed by atoms with E-state index in [2.05, 4.69) is 31.3 Å². The zero-order valence-electron chi connectivity index (χ0n) is 13.3. The lowest BCUT2D eigenvalue weighted by molar-refractivity contribution is -0.137. The summed E-state index contributed by atoms with van der Waals surface area (Å²) in [6.07, 6.45) is 0.562. The number of carbonyl (C=O) groups excluding carboxylic acids is 1. The van der Waals surface area contributed by atoms with Gasteiger partial charge in [-0.25, -0.2) is 0 Å². The molecular formula is C17H26N2O2. The minimum Gasteiger partial charge on any atom is -0.368 e. The zero-order valence-corrected chi connectivity index (χ0v) is 13.3. The fourth-order valence-electron chi connectivity index (χ4n) is 2.46. The minimum absolute atomic E-state index is 0.0101. The normalized spacial score (nSPS) is 19.3. The maximum absolute atomic E-state index is 11.8. The van der Waals surface area contributed by atoms with Gasteiger partial charge in [0.25, 0.3) is 5.91 Å². The second-order valence-corrected chi connectivity index (χ2v) is 6.60. The molecule has 1 aliphatic rings. The van der Waals surface area contributed by atoms with Gasteiger partial charge in [0.05, 0.1) is 6.61 Å². The third kappa shape index (κ3) is 4.83. The number of amides is 1. The van der Waals surface area contributed by atoms with Gasteiger partial charge in [0, 0.05) is 38.5 Å². The summed E-state index contributed by atoms with van der Waals surface area (Å²) in [7, 11) is 1.83. The zero-order chi connectivity index (χ0) is 15.3. The monoisotopic (exact) mass is 290 g/mol. The Morgan fingerprint density at radius 2 is 2.05 bits per heavy atom. The van der Waals surface area contributed by atoms with E-state index in [-0.39, 0.29) is 17.4 Å². The third-order valence-corrected chi connectivity index (χ3v) is 3.83. The Morgan fingerprint density at radius 3 is 2.67 bits per heavy atom. The molecule has 4 heteroatoms. The first-order valence-corrected chi connectivity index (χ1v) is 7.59. The van der Waals surface area contributed by atoms with Crippen LogP contribution < -0.4 is 5.32 Å². The van der Waals surface area contributed by atoms with Crippen molar-refractivity contribution in [1.29, 1.82) is 0 Å². The molecule has 1 aromatic carbocycles. The number of carbonyl (C=O) groups is 1. The number of likely N-dealkylation sites (N-methyl/N-ethyl adjacent to an activating group) is 1. The summed E-state index contributed by atoms with van der Waals surface area (Å²) >= 11 is 0. The molecule has 1 unspecified atom stereocenters. The standard InChI is InChI=1S/C17H26N2O2/c1-17(2,12-18-11-14-7-5-4-6-8-14)13-21-15-9-10-19(3)16(15)20/h4-8,15,18H,9-13H2,1-3H3. The predicted molar refractivity (Wildman–Crippen MR) is 83.9 cm³/mol. The van der Waals surface area contributed by atoms with Crippen molar-refractivity contribution >= 4 is 5.91 Å². The molecule has 21 heavy (non-hydrogen) atoms. The summed E-state index contributed by atoms with van der Waals surface area (Å²) in [6, 6.07) is 10.4. The predicted octanol–water partition coefficient (Wildman–Crippen LogP) is 2.05. The smallest absolute Gasteiger partial charge is 0.251 e. The van der Waals surface area contributed by atoms with Crippen LogP contribution in [0.4, 0.5) is 0 Å². The lowest BCUT2D eigenvalue weighted by Crippen LogP contribution is -2.36. The average Bonchev–Trinajstić information content (AvgIpc) is 2.78. The van der Waals surface area contributed by atoms with E-state index in [0.717, 1.165) is 26.1 Å². The topological polar surface area (TPSA) is 41.6 Å². The van der Waals surface area contributed by atoms with E-state index in [1.54, 1.807) is 4.90 Å². The molecule has 1 heterocycles. The second-order valence-electron chi connectivity index (χ2n) is 6.60. The number of likely N-dealkylation sites (tertiary alicyclic amines) is 1. The molecular weight excluding hydrogens is 264 g/mol. The van der Waals surface area contributed by atoms with Gasteiger partial charge in [-0.15, -0.1) is 0 Å². The molecule has 1 aliphatic heterocycles. The van der Waals surface area contributed by atoms with Crippen LogP contribution in [0, 0.1) is 5.41 Å². The number of ether oxygens (including phenoxy) is 1. The number of benzene rings is 1. The van der Waals surface area contributed by atoms with Gasteiger partial charge in [0.1, 0.15) is 6.10 Å². The van der Waals surface area contributed by atoms with Gasteiger partial charge in [-0.05, 0) is 5.56 Å². The number of hydrogen-bond acceptors (Lipinski definition) is 3. The van der Waals surface area contributed by atoms with Crippen molar-refractivity contribution in [3.05, 3.63) is 35.9 Å². The molecule has 0 saturated carbocycles. The molecule has 1 atom stereocenters. The molecule has 2 rings (SSSR count). The number of rotatable bonds is 7. The molecule has 0 bridgehead atoms. The second kappa shape index (κ2) is 7.05. The van der Waals surface area contributed by atoms with E-state index in [1.807, 2.05) is 25.2 Å². The van der Waals surface area contributed by atoms with Crippen LogP contribution in [0.2, 0.25) is 0 Å². The summed E-state index contributed by atoms with van der Waals surface area (Å²) in [5, 5.41) is 3.46. The maximum atomic E-state index is 11.8. The van der Waals surface area contributed by atoms with Crippen LogP contribution in [0.25, 0.3) is 0 Å². The van der Waals surface area contributed by atoms with Gasteiger partial charge >= 0.3 is 0 Å². The Labute approximate surface area is 127 Å². The van der Waals surface area contributed by atoms with Crippen molar-refractivity contribution in [2.75, 3.05) is 26.7 Å². The van der Waals surface area contributed by atoms with E-state index in [9.17, 15) is 4.79 Å². The van der Waals surface area contributed by atoms with E-state index < -0.39 is 0 Å². The summed E-state index contributed by atoms with van der Waals surface area (Å²) in [6.45, 7) is 7.44. The molecule has 1 fully saturated rings. The van der Waals surface area contributed by atoms with Crippen molar-refractivity contribution in [1.82, 2.24) is 10.2 Å². The molecule has 0 radical (unpaired) electrons. The third-order valence-electron chi connectivity index (χ3n) is 3.83. The quantitative estimate of drug-likeness (QED) is 0.835. The molecule has 116 valence electrons. The highest BCUT2D eigenvalue weighted by Gasteiger charge is 2.31. The van der Waals surface area contributed by atoms with Crippen molar-refractivity contribution in [3.63, 3.8) is 0 Å². The summed E-state index contributed by atoms with van der Waals surface area (Å²) in [4.78, 5) is 13.5. The lowest BCUT2D eigenvalue weighted by atomic mass is 9.94. The fraction of sp³-hybridized carbons (Fsp3) is 0.588. The molecule has 4 nitrogen and oxygen atoms in total. The summed E-state index contributed by atoms with van der Waals surface area (Å²) in [5.41, 5.74) is 1.29. The van der Waals surface area contributed by atoms with Gasteiger partial charge in [-0.2, -0.15) is 0 Å². The Hall–Kier alpha value is -1.39. The number of hydrogen-bond donors (Lipinski definition) is 1. The van der Waals surface area contributed by atoms with Gasteiger partial charge in [0.15, 0.2) is 0 Å². The summed E-state index contributed by atoms with van der Waals surface area (Å²) in [5.74, 6) is 0.114. The Balaban J connectivity index is 1.70. The van der Waals surface area contributed by atoms with Crippen molar-refractivity contribution in [3.8, 4) is 0 Å². The molecule has 0 aromatic heterocycles. The molecule has 1 amide bonds. The van der Waals surface area contributed by atoms with Crippen molar-refractivity contribution < 1.29 is 9.53 Å². The molecule has 1 N–H and O–H groups in total. The molecule has 0 spiro atoms. The van der Waals surface area contributed by atoms with Crippen LogP contribution in [0.15, 0.2) is 30.3 Å². The average molecular weight is 290 g/mol. The Bertz CT molecular complexity index is 459. The fourth-order valence-corrected chi connectivity index (χ4v) is 2.46. The van der Waals surface area contributed by atoms with Crippen LogP contribution >= 0.6 is 0 Å². The molecule has 1 aromatic rings. The highest BCUT2D eigenvalue weighted by atomic mass is 16.5. The van der Waals surface area contributed by atoms with Crippen LogP contribution in [0.5, 0.6) is 0 Å². The van der Waals surface area contributed by atoms with Crippen LogP contribution in [0.3, 0.4) is 0 Å². The van der Waals surface area contributed by atoms with Gasteiger partial charge in [-0.3, -0.25) is 4.79 Å². The van der Waals surface area contributed by atoms with Crippen LogP contribution in [0.1, 0.15) is 25.8 Å². The first-order valence-electron chi connectivity index (χ1n) is 7.59. The van der Waals surface area contributed by atoms with Gasteiger partial charge < -0.3 is 15.0 Å². The minimum atomic E-state index is -0.247. The number of nitrogens with zero attached hydrogens (tertiary/aromatic N) is 1. The first-order chi connectivity index (χ1) is 9.98. The van der Waals surface area contributed by atoms with E-state index in [0.29, 0.717) is 6.61 Å². The SMILES string of the molecule is CN1CCC(OCC(C)(C)CNCc2ccccc2)C1=O. The Kier molecular flexibility index (Phi) is 5.37. The van der Waals surface area contributed by atoms with E-state index >= 15 is 0 Å². The van der Waals surface area contributed by atoms with Crippen molar-refractivity contribution in [2.45, 2.75) is 32.9 Å². The van der Waals surface area contributed by atoms with E-state index in [4.69, 9.17) is 4.74 Å². The highest BCUT2D eigenvalue weighted by molar-refractivity contribution is 5.82. The van der Waals surface area contributed by atoms with Gasteiger partial charge in [0.2, 0.25) is 0 Å². The highest BCUT2D eigenvalue weighted by Crippen LogP contribution is 2.19. The van der Waals surface area contributed by atoms with Gasteiger partial charge in [-0.1, -0.05) is 44.2 Å². The maximum Gasteiger partial charge on any atom is 0.251 e.